The molecule has 0 aromatic carbocycles. The summed E-state index contributed by atoms with van der Waals surface area (Å²) >= 11 is 0. The lowest BCUT2D eigenvalue weighted by Gasteiger charge is -2.45. The van der Waals surface area contributed by atoms with Crippen molar-refractivity contribution < 1.29 is 4.79 Å². The van der Waals surface area contributed by atoms with Gasteiger partial charge in [-0.1, -0.05) is 5.21 Å². The number of aromatic nitrogens is 3. The second-order valence-corrected chi connectivity index (χ2v) is 6.05. The first-order valence-electron chi connectivity index (χ1n) is 7.17. The van der Waals surface area contributed by atoms with Gasteiger partial charge in [0.2, 0.25) is 5.91 Å². The molecular formula is C13H19N5O. The van der Waals surface area contributed by atoms with E-state index in [1.54, 1.807) is 6.20 Å². The fraction of sp³-hybridized carbons (Fsp3) is 0.769. The molecule has 4 rings (SSSR count). The van der Waals surface area contributed by atoms with E-state index in [9.17, 15) is 4.79 Å². The Kier molecular flexibility index (Phi) is 2.42. The minimum Gasteiger partial charge on any atom is -0.336 e. The molecule has 2 atom stereocenters. The molecule has 0 bridgehead atoms. The third-order valence-electron chi connectivity index (χ3n) is 5.11. The summed E-state index contributed by atoms with van der Waals surface area (Å²) in [6, 6.07) is 0. The van der Waals surface area contributed by atoms with Crippen LogP contribution in [0.1, 0.15) is 25.0 Å². The second kappa shape index (κ2) is 4.03. The zero-order chi connectivity index (χ0) is 12.9. The molecular weight excluding hydrogens is 242 g/mol. The highest BCUT2D eigenvalue weighted by atomic mass is 16.2. The summed E-state index contributed by atoms with van der Waals surface area (Å²) in [5, 5.41) is 11.4. The van der Waals surface area contributed by atoms with Gasteiger partial charge in [0.1, 0.15) is 0 Å². The molecule has 102 valence electrons. The Morgan fingerprint density at radius 1 is 1.47 bits per heavy atom. The monoisotopic (exact) mass is 261 g/mol. The first-order chi connectivity index (χ1) is 9.29. The van der Waals surface area contributed by atoms with Crippen molar-refractivity contribution in [1.82, 2.24) is 25.2 Å². The first-order valence-corrected chi connectivity index (χ1v) is 7.17. The van der Waals surface area contributed by atoms with Gasteiger partial charge in [0.05, 0.1) is 23.9 Å². The van der Waals surface area contributed by atoms with Gasteiger partial charge in [-0.25, -0.2) is 4.68 Å². The number of fused-ring (bicyclic) bond motifs is 2. The van der Waals surface area contributed by atoms with Crippen molar-refractivity contribution in [2.24, 2.45) is 11.3 Å². The van der Waals surface area contributed by atoms with E-state index < -0.39 is 0 Å². The lowest BCUT2D eigenvalue weighted by atomic mass is 9.61. The van der Waals surface area contributed by atoms with E-state index in [0.29, 0.717) is 18.4 Å². The number of hydrogen-bond acceptors (Lipinski definition) is 4. The Bertz CT molecular complexity index is 513. The van der Waals surface area contributed by atoms with Crippen LogP contribution in [-0.4, -0.2) is 45.4 Å². The number of carbonyl (C=O) groups excluding carboxylic acids is 1. The zero-order valence-corrected chi connectivity index (χ0v) is 11.0. The van der Waals surface area contributed by atoms with Crippen LogP contribution in [0.3, 0.4) is 0 Å². The molecule has 1 N–H and O–H groups in total. The number of amides is 1. The van der Waals surface area contributed by atoms with Crippen LogP contribution in [0.5, 0.6) is 0 Å². The summed E-state index contributed by atoms with van der Waals surface area (Å²) in [7, 11) is 0. The molecule has 2 fully saturated rings. The van der Waals surface area contributed by atoms with E-state index in [-0.39, 0.29) is 5.41 Å². The third kappa shape index (κ3) is 1.55. The fourth-order valence-corrected chi connectivity index (χ4v) is 3.82. The molecule has 0 unspecified atom stereocenters. The summed E-state index contributed by atoms with van der Waals surface area (Å²) in [5.74, 6) is 0.912. The lowest BCUT2D eigenvalue weighted by molar-refractivity contribution is -0.150. The molecule has 1 aliphatic carbocycles. The van der Waals surface area contributed by atoms with Crippen LogP contribution in [-0.2, 0) is 17.9 Å². The summed E-state index contributed by atoms with van der Waals surface area (Å²) in [6.07, 6.45) is 5.01. The molecule has 1 amide bonds. The molecule has 6 nitrogen and oxygen atoms in total. The number of nitrogens with one attached hydrogen (secondary N) is 1. The van der Waals surface area contributed by atoms with Crippen LogP contribution in [0, 0.1) is 11.3 Å². The van der Waals surface area contributed by atoms with Gasteiger partial charge in [0.25, 0.3) is 0 Å². The Hall–Kier alpha value is -1.43. The van der Waals surface area contributed by atoms with Crippen molar-refractivity contribution in [2.75, 3.05) is 19.6 Å². The number of rotatable bonds is 1. The van der Waals surface area contributed by atoms with Crippen molar-refractivity contribution >= 4 is 5.91 Å². The van der Waals surface area contributed by atoms with Crippen LogP contribution >= 0.6 is 0 Å². The van der Waals surface area contributed by atoms with Crippen molar-refractivity contribution in [3.8, 4) is 0 Å². The normalized spacial score (nSPS) is 33.3. The molecule has 6 heteroatoms. The Morgan fingerprint density at radius 3 is 3.21 bits per heavy atom. The van der Waals surface area contributed by atoms with Gasteiger partial charge in [-0.15, -0.1) is 5.10 Å². The highest BCUT2D eigenvalue weighted by Crippen LogP contribution is 2.50. The van der Waals surface area contributed by atoms with E-state index in [0.717, 1.165) is 44.7 Å². The number of carbonyl (C=O) groups is 1. The topological polar surface area (TPSA) is 63.1 Å². The van der Waals surface area contributed by atoms with Gasteiger partial charge in [0.15, 0.2) is 0 Å². The third-order valence-corrected chi connectivity index (χ3v) is 5.11. The van der Waals surface area contributed by atoms with Crippen molar-refractivity contribution in [1.29, 1.82) is 0 Å². The van der Waals surface area contributed by atoms with E-state index in [2.05, 4.69) is 15.6 Å². The average molecular weight is 261 g/mol. The average Bonchev–Trinajstić information content (AvgIpc) is 2.88. The molecule has 1 saturated heterocycles. The summed E-state index contributed by atoms with van der Waals surface area (Å²) in [4.78, 5) is 14.9. The molecule has 3 aliphatic rings. The minimum absolute atomic E-state index is 0.0946. The molecule has 2 aliphatic heterocycles. The smallest absolute Gasteiger partial charge is 0.230 e. The number of hydrogen-bond donors (Lipinski definition) is 1. The molecule has 1 aromatic heterocycles. The summed E-state index contributed by atoms with van der Waals surface area (Å²) < 4.78 is 1.93. The van der Waals surface area contributed by atoms with Crippen molar-refractivity contribution in [2.45, 2.75) is 32.4 Å². The SMILES string of the molecule is O=C(N1CCCn2nncc2C1)[C@]12CC[C@H]1CNC2. The summed E-state index contributed by atoms with van der Waals surface area (Å²) in [6.45, 7) is 4.26. The molecule has 19 heavy (non-hydrogen) atoms. The predicted octanol–water partition coefficient (Wildman–Crippen LogP) is 0.0100. The van der Waals surface area contributed by atoms with E-state index in [1.807, 2.05) is 9.58 Å². The van der Waals surface area contributed by atoms with Crippen LogP contribution < -0.4 is 5.32 Å². The molecule has 1 aromatic rings. The highest BCUT2D eigenvalue weighted by molar-refractivity contribution is 5.85. The van der Waals surface area contributed by atoms with Crippen molar-refractivity contribution in [3.63, 3.8) is 0 Å². The Labute approximate surface area is 112 Å². The van der Waals surface area contributed by atoms with Crippen molar-refractivity contribution in [3.05, 3.63) is 11.9 Å². The van der Waals surface area contributed by atoms with E-state index in [1.165, 1.54) is 6.42 Å². The largest absolute Gasteiger partial charge is 0.336 e. The Balaban J connectivity index is 1.58. The van der Waals surface area contributed by atoms with Crippen LogP contribution in [0.25, 0.3) is 0 Å². The molecule has 0 spiro atoms. The lowest BCUT2D eigenvalue weighted by Crippen LogP contribution is -2.53. The predicted molar refractivity (Wildman–Crippen MR) is 68.1 cm³/mol. The van der Waals surface area contributed by atoms with Gasteiger partial charge >= 0.3 is 0 Å². The molecule has 1 saturated carbocycles. The maximum atomic E-state index is 12.9. The quantitative estimate of drug-likeness (QED) is 0.773. The van der Waals surface area contributed by atoms with Gasteiger partial charge in [-0.3, -0.25) is 4.79 Å². The maximum Gasteiger partial charge on any atom is 0.230 e. The highest BCUT2D eigenvalue weighted by Gasteiger charge is 2.56. The summed E-state index contributed by atoms with van der Waals surface area (Å²) in [5.41, 5.74) is 0.965. The van der Waals surface area contributed by atoms with Crippen LogP contribution in [0.2, 0.25) is 0 Å². The number of nitrogens with zero attached hydrogens (tertiary/aromatic N) is 4. The second-order valence-electron chi connectivity index (χ2n) is 6.05. The van der Waals surface area contributed by atoms with E-state index in [4.69, 9.17) is 0 Å². The standard InChI is InChI=1S/C13H19N5O/c19-12(13-3-2-10(13)6-14-9-13)17-4-1-5-18-11(8-17)7-15-16-18/h7,10,14H,1-6,8-9H2/t10-,13-/m0/s1. The number of aryl methyl sites for hydroxylation is 1. The van der Waals surface area contributed by atoms with Crippen LogP contribution in [0.4, 0.5) is 0 Å². The van der Waals surface area contributed by atoms with Gasteiger partial charge in [0, 0.05) is 19.6 Å². The zero-order valence-electron chi connectivity index (χ0n) is 11.0. The fourth-order valence-electron chi connectivity index (χ4n) is 3.82. The van der Waals surface area contributed by atoms with Crippen LogP contribution in [0.15, 0.2) is 6.20 Å². The Morgan fingerprint density at radius 2 is 2.42 bits per heavy atom. The minimum atomic E-state index is -0.0946. The van der Waals surface area contributed by atoms with Gasteiger partial charge < -0.3 is 10.2 Å². The first kappa shape index (κ1) is 11.4. The molecule has 3 heterocycles. The van der Waals surface area contributed by atoms with Gasteiger partial charge in [-0.05, 0) is 31.7 Å². The van der Waals surface area contributed by atoms with E-state index >= 15 is 0 Å². The maximum absolute atomic E-state index is 12.9. The molecule has 0 radical (unpaired) electrons. The van der Waals surface area contributed by atoms with Gasteiger partial charge in [-0.2, -0.15) is 0 Å².